The zero-order valence-electron chi connectivity index (χ0n) is 17.9. The minimum absolute atomic E-state index is 0.123. The van der Waals surface area contributed by atoms with Gasteiger partial charge in [0.2, 0.25) is 0 Å². The first kappa shape index (κ1) is 20.3. The Morgan fingerprint density at radius 1 is 1.00 bits per heavy atom. The number of para-hydroxylation sites is 1. The molecule has 1 saturated carbocycles. The van der Waals surface area contributed by atoms with Gasteiger partial charge < -0.3 is 9.47 Å². The highest BCUT2D eigenvalue weighted by molar-refractivity contribution is 6.15. The van der Waals surface area contributed by atoms with Crippen LogP contribution in [0.15, 0.2) is 42.5 Å². The van der Waals surface area contributed by atoms with E-state index >= 15 is 0 Å². The summed E-state index contributed by atoms with van der Waals surface area (Å²) in [5.74, 6) is 2.15. The summed E-state index contributed by atoms with van der Waals surface area (Å²) in [6, 6.07) is 13.8. The van der Waals surface area contributed by atoms with E-state index in [1.807, 2.05) is 54.3 Å². The SMILES string of the molecule is COc1ccc([C@@H]2C(=[NH+]C3CCCCC3)NC(=O)N2c2ccccc2C)cc1OC. The fourth-order valence-corrected chi connectivity index (χ4v) is 4.49. The number of amides is 2. The van der Waals surface area contributed by atoms with Gasteiger partial charge in [0.25, 0.3) is 5.84 Å². The van der Waals surface area contributed by atoms with Crippen molar-refractivity contribution in [1.29, 1.82) is 0 Å². The predicted molar refractivity (Wildman–Crippen MR) is 117 cm³/mol. The average molecular weight is 409 g/mol. The fourth-order valence-electron chi connectivity index (χ4n) is 4.49. The summed E-state index contributed by atoms with van der Waals surface area (Å²) in [4.78, 5) is 18.6. The number of ether oxygens (including phenoxy) is 2. The lowest BCUT2D eigenvalue weighted by Crippen LogP contribution is -2.82. The minimum atomic E-state index is -0.277. The molecular formula is C24H30N3O3+. The van der Waals surface area contributed by atoms with Gasteiger partial charge in [-0.25, -0.2) is 4.79 Å². The Kier molecular flexibility index (Phi) is 5.93. The smallest absolute Gasteiger partial charge is 0.414 e. The van der Waals surface area contributed by atoms with Crippen LogP contribution in [0.2, 0.25) is 0 Å². The highest BCUT2D eigenvalue weighted by Crippen LogP contribution is 2.36. The van der Waals surface area contributed by atoms with E-state index in [1.54, 1.807) is 14.2 Å². The number of amidine groups is 1. The van der Waals surface area contributed by atoms with Crippen LogP contribution in [-0.4, -0.2) is 32.1 Å². The van der Waals surface area contributed by atoms with Crippen LogP contribution in [0, 0.1) is 6.92 Å². The highest BCUT2D eigenvalue weighted by Gasteiger charge is 2.45. The maximum absolute atomic E-state index is 13.1. The Balaban J connectivity index is 1.81. The van der Waals surface area contributed by atoms with Crippen LogP contribution < -0.4 is 24.7 Å². The predicted octanol–water partition coefficient (Wildman–Crippen LogP) is 3.09. The Hall–Kier alpha value is -3.02. The quantitative estimate of drug-likeness (QED) is 0.799. The molecule has 6 heteroatoms. The monoisotopic (exact) mass is 408 g/mol. The van der Waals surface area contributed by atoms with Gasteiger partial charge in [-0.05, 0) is 61.9 Å². The molecule has 1 aliphatic heterocycles. The Labute approximate surface area is 177 Å². The lowest BCUT2D eigenvalue weighted by molar-refractivity contribution is -0.510. The van der Waals surface area contributed by atoms with E-state index in [9.17, 15) is 4.79 Å². The summed E-state index contributed by atoms with van der Waals surface area (Å²) in [7, 11) is 3.25. The third kappa shape index (κ3) is 3.86. The second-order valence-corrected chi connectivity index (χ2v) is 8.00. The largest absolute Gasteiger partial charge is 0.493 e. The Morgan fingerprint density at radius 2 is 1.73 bits per heavy atom. The topological polar surface area (TPSA) is 64.8 Å². The first-order chi connectivity index (χ1) is 14.6. The van der Waals surface area contributed by atoms with Gasteiger partial charge in [0, 0.05) is 0 Å². The second-order valence-electron chi connectivity index (χ2n) is 8.00. The van der Waals surface area contributed by atoms with Crippen LogP contribution in [0.1, 0.15) is 49.3 Å². The van der Waals surface area contributed by atoms with E-state index in [0.29, 0.717) is 17.5 Å². The van der Waals surface area contributed by atoms with Crippen molar-refractivity contribution in [2.24, 2.45) is 0 Å². The number of urea groups is 1. The summed E-state index contributed by atoms with van der Waals surface area (Å²) in [5.41, 5.74) is 2.92. The molecular weight excluding hydrogens is 378 g/mol. The molecule has 0 aromatic heterocycles. The summed E-state index contributed by atoms with van der Waals surface area (Å²) in [5, 5.41) is 3.11. The minimum Gasteiger partial charge on any atom is -0.493 e. The van der Waals surface area contributed by atoms with E-state index in [0.717, 1.165) is 35.5 Å². The molecule has 2 aromatic rings. The molecule has 4 rings (SSSR count). The number of hydrogen-bond acceptors (Lipinski definition) is 3. The van der Waals surface area contributed by atoms with Crippen molar-refractivity contribution in [2.75, 3.05) is 19.1 Å². The molecule has 0 unspecified atom stereocenters. The molecule has 30 heavy (non-hydrogen) atoms. The van der Waals surface area contributed by atoms with Gasteiger partial charge in [-0.2, -0.15) is 5.32 Å². The molecule has 158 valence electrons. The zero-order valence-corrected chi connectivity index (χ0v) is 17.9. The van der Waals surface area contributed by atoms with Gasteiger partial charge in [0.15, 0.2) is 17.5 Å². The van der Waals surface area contributed by atoms with Crippen molar-refractivity contribution < 1.29 is 19.3 Å². The molecule has 2 amide bonds. The first-order valence-electron chi connectivity index (χ1n) is 10.6. The maximum Gasteiger partial charge on any atom is 0.414 e. The zero-order chi connectivity index (χ0) is 21.1. The summed E-state index contributed by atoms with van der Waals surface area (Å²) >= 11 is 0. The number of methoxy groups -OCH3 is 2. The Bertz CT molecular complexity index is 950. The van der Waals surface area contributed by atoms with E-state index in [-0.39, 0.29) is 12.1 Å². The number of hydrogen-bond donors (Lipinski definition) is 2. The van der Waals surface area contributed by atoms with Crippen molar-refractivity contribution in [3.8, 4) is 11.5 Å². The lowest BCUT2D eigenvalue weighted by atomic mass is 9.95. The van der Waals surface area contributed by atoms with Crippen molar-refractivity contribution in [3.63, 3.8) is 0 Å². The molecule has 0 spiro atoms. The van der Waals surface area contributed by atoms with Crippen LogP contribution >= 0.6 is 0 Å². The van der Waals surface area contributed by atoms with Crippen molar-refractivity contribution >= 4 is 17.6 Å². The van der Waals surface area contributed by atoms with E-state index < -0.39 is 0 Å². The van der Waals surface area contributed by atoms with Crippen molar-refractivity contribution in [3.05, 3.63) is 53.6 Å². The lowest BCUT2D eigenvalue weighted by Gasteiger charge is -2.23. The van der Waals surface area contributed by atoms with Gasteiger partial charge in [0.1, 0.15) is 0 Å². The normalized spacial score (nSPS) is 21.0. The molecule has 1 atom stereocenters. The number of rotatable bonds is 5. The molecule has 2 N–H and O–H groups in total. The molecule has 2 aromatic carbocycles. The number of aryl methyl sites for hydroxylation is 1. The molecule has 1 heterocycles. The number of anilines is 1. The van der Waals surface area contributed by atoms with E-state index in [4.69, 9.17) is 9.47 Å². The van der Waals surface area contributed by atoms with Crippen LogP contribution in [0.4, 0.5) is 10.5 Å². The standard InChI is InChI=1S/C24H29N3O3/c1-16-9-7-8-12-19(16)27-22(17-13-14-20(29-2)21(15-17)30-3)23(26-24(27)28)25-18-10-5-4-6-11-18/h7-9,12-15,18,22H,4-6,10-11H2,1-3H3,(H,25,26,28)/p+1/t22-/m1/s1. The van der Waals surface area contributed by atoms with Crippen molar-refractivity contribution in [1.82, 2.24) is 5.32 Å². The number of nitrogens with zero attached hydrogens (tertiary/aromatic N) is 1. The summed E-state index contributed by atoms with van der Waals surface area (Å²) in [6.07, 6.45) is 5.99. The molecule has 2 fully saturated rings. The van der Waals surface area contributed by atoms with Gasteiger partial charge >= 0.3 is 6.03 Å². The molecule has 6 nitrogen and oxygen atoms in total. The van der Waals surface area contributed by atoms with Crippen LogP contribution in [-0.2, 0) is 0 Å². The molecule has 2 aliphatic rings. The maximum atomic E-state index is 13.1. The molecule has 1 aliphatic carbocycles. The molecule has 1 saturated heterocycles. The third-order valence-corrected chi connectivity index (χ3v) is 6.06. The molecule has 0 radical (unpaired) electrons. The highest BCUT2D eigenvalue weighted by atomic mass is 16.5. The Morgan fingerprint density at radius 3 is 2.43 bits per heavy atom. The number of carbonyl (C=O) groups excluding carboxylic acids is 1. The number of carbonyl (C=O) groups is 1. The van der Waals surface area contributed by atoms with Crippen LogP contribution in [0.5, 0.6) is 11.5 Å². The third-order valence-electron chi connectivity index (χ3n) is 6.06. The fraction of sp³-hybridized carbons (Fsp3) is 0.417. The van der Waals surface area contributed by atoms with Gasteiger partial charge in [-0.1, -0.05) is 30.7 Å². The van der Waals surface area contributed by atoms with Crippen LogP contribution in [0.3, 0.4) is 0 Å². The average Bonchev–Trinajstić information content (AvgIpc) is 3.09. The van der Waals surface area contributed by atoms with E-state index in [2.05, 4.69) is 10.3 Å². The summed E-state index contributed by atoms with van der Waals surface area (Å²) in [6.45, 7) is 2.03. The van der Waals surface area contributed by atoms with Crippen molar-refractivity contribution in [2.45, 2.75) is 51.1 Å². The summed E-state index contributed by atoms with van der Waals surface area (Å²) < 4.78 is 10.9. The first-order valence-corrected chi connectivity index (χ1v) is 10.6. The number of nitrogens with one attached hydrogen (secondary N) is 2. The molecule has 0 bridgehead atoms. The van der Waals surface area contributed by atoms with E-state index in [1.165, 1.54) is 19.3 Å². The van der Waals surface area contributed by atoms with Gasteiger partial charge in [-0.3, -0.25) is 9.89 Å². The second kappa shape index (κ2) is 8.78. The van der Waals surface area contributed by atoms with Gasteiger partial charge in [0.05, 0.1) is 25.9 Å². The number of benzene rings is 2. The van der Waals surface area contributed by atoms with Gasteiger partial charge in [-0.15, -0.1) is 0 Å². The van der Waals surface area contributed by atoms with Crippen LogP contribution in [0.25, 0.3) is 0 Å².